The molecule has 28 heavy (non-hydrogen) atoms. The van der Waals surface area contributed by atoms with E-state index in [0.717, 1.165) is 44.6 Å². The maximum atomic E-state index is 6.24. The van der Waals surface area contributed by atoms with Crippen molar-refractivity contribution in [1.82, 2.24) is 0 Å². The van der Waals surface area contributed by atoms with E-state index in [1.165, 1.54) is 0 Å². The number of hydrogen-bond acceptors (Lipinski definition) is 3. The minimum absolute atomic E-state index is 0.552. The first-order valence-electron chi connectivity index (χ1n) is 8.95. The van der Waals surface area contributed by atoms with Gasteiger partial charge in [-0.15, -0.1) is 0 Å². The number of rotatable bonds is 2. The Morgan fingerprint density at radius 3 is 2.54 bits per heavy atom. The number of methoxy groups -OCH3 is 1. The van der Waals surface area contributed by atoms with E-state index in [2.05, 4.69) is 18.2 Å². The molecule has 0 N–H and O–H groups in total. The number of para-hydroxylation sites is 1. The molecular formula is C24H16ClNO2. The molecule has 0 atom stereocenters. The van der Waals surface area contributed by atoms with Crippen molar-refractivity contribution in [1.29, 1.82) is 0 Å². The molecule has 0 radical (unpaired) electrons. The number of nitrogens with zero attached hydrogens (tertiary/aromatic N) is 1. The van der Waals surface area contributed by atoms with Gasteiger partial charge < -0.3 is 9.47 Å². The van der Waals surface area contributed by atoms with E-state index in [4.69, 9.17) is 26.1 Å². The molecule has 0 saturated heterocycles. The van der Waals surface area contributed by atoms with E-state index in [9.17, 15) is 0 Å². The second kappa shape index (κ2) is 6.70. The summed E-state index contributed by atoms with van der Waals surface area (Å²) < 4.78 is 11.6. The molecule has 5 rings (SSSR count). The third-order valence-electron chi connectivity index (χ3n) is 4.88. The summed E-state index contributed by atoms with van der Waals surface area (Å²) >= 11 is 6.04. The number of fused-ring (bicyclic) bond motifs is 5. The number of aliphatic imine (C=N–C) groups is 1. The summed E-state index contributed by atoms with van der Waals surface area (Å²) in [6, 6.07) is 25.7. The molecule has 4 aromatic carbocycles. The predicted octanol–water partition coefficient (Wildman–Crippen LogP) is 6.64. The van der Waals surface area contributed by atoms with Crippen LogP contribution in [0.25, 0.3) is 21.9 Å². The Morgan fingerprint density at radius 1 is 0.893 bits per heavy atom. The van der Waals surface area contributed by atoms with Crippen molar-refractivity contribution < 1.29 is 9.47 Å². The fourth-order valence-corrected chi connectivity index (χ4v) is 3.64. The molecule has 3 nitrogen and oxygen atoms in total. The summed E-state index contributed by atoms with van der Waals surface area (Å²) in [4.78, 5) is 4.87. The van der Waals surface area contributed by atoms with Crippen molar-refractivity contribution in [2.24, 2.45) is 4.99 Å². The van der Waals surface area contributed by atoms with Crippen LogP contribution in [0.2, 0.25) is 5.02 Å². The van der Waals surface area contributed by atoms with Gasteiger partial charge in [-0.25, -0.2) is 4.99 Å². The lowest BCUT2D eigenvalue weighted by Gasteiger charge is -2.12. The molecule has 0 amide bonds. The number of hydrogen-bond donors (Lipinski definition) is 0. The molecule has 4 aromatic rings. The van der Waals surface area contributed by atoms with Crippen LogP contribution >= 0.6 is 11.6 Å². The third-order valence-corrected chi connectivity index (χ3v) is 5.13. The molecule has 136 valence electrons. The molecule has 1 aliphatic rings. The molecule has 0 fully saturated rings. The van der Waals surface area contributed by atoms with Crippen molar-refractivity contribution in [3.63, 3.8) is 0 Å². The Kier molecular flexibility index (Phi) is 4.03. The molecule has 0 spiro atoms. The highest BCUT2D eigenvalue weighted by atomic mass is 35.5. The molecule has 0 bridgehead atoms. The van der Waals surface area contributed by atoms with Crippen LogP contribution in [0, 0.1) is 0 Å². The van der Waals surface area contributed by atoms with Crippen LogP contribution in [0.3, 0.4) is 0 Å². The van der Waals surface area contributed by atoms with Crippen molar-refractivity contribution in [3.8, 4) is 22.6 Å². The highest BCUT2D eigenvalue weighted by molar-refractivity contribution is 6.30. The normalized spacial score (nSPS) is 12.4. The summed E-state index contributed by atoms with van der Waals surface area (Å²) in [6.07, 6.45) is 0. The minimum Gasteiger partial charge on any atom is -0.497 e. The highest BCUT2D eigenvalue weighted by Crippen LogP contribution is 2.44. The Morgan fingerprint density at radius 2 is 1.71 bits per heavy atom. The lowest BCUT2D eigenvalue weighted by molar-refractivity contribution is 0.415. The molecule has 0 unspecified atom stereocenters. The van der Waals surface area contributed by atoms with Crippen molar-refractivity contribution in [2.45, 2.75) is 0 Å². The van der Waals surface area contributed by atoms with E-state index < -0.39 is 0 Å². The van der Waals surface area contributed by atoms with Crippen LogP contribution in [0.1, 0.15) is 5.56 Å². The zero-order valence-corrected chi connectivity index (χ0v) is 15.9. The fraction of sp³-hybridized carbons (Fsp3) is 0.0417. The first kappa shape index (κ1) is 16.8. The van der Waals surface area contributed by atoms with Gasteiger partial charge in [0, 0.05) is 21.7 Å². The summed E-state index contributed by atoms with van der Waals surface area (Å²) in [5, 5.41) is 2.88. The second-order valence-electron chi connectivity index (χ2n) is 6.57. The largest absolute Gasteiger partial charge is 0.497 e. The summed E-state index contributed by atoms with van der Waals surface area (Å²) in [7, 11) is 1.68. The van der Waals surface area contributed by atoms with Crippen LogP contribution in [-0.2, 0) is 0 Å². The Balaban J connectivity index is 1.80. The lowest BCUT2D eigenvalue weighted by atomic mass is 9.96. The van der Waals surface area contributed by atoms with E-state index in [0.29, 0.717) is 10.9 Å². The first-order valence-corrected chi connectivity index (χ1v) is 9.33. The maximum absolute atomic E-state index is 6.24. The van der Waals surface area contributed by atoms with Gasteiger partial charge in [0.15, 0.2) is 0 Å². The van der Waals surface area contributed by atoms with E-state index in [1.807, 2.05) is 60.7 Å². The minimum atomic E-state index is 0.552. The van der Waals surface area contributed by atoms with Crippen LogP contribution < -0.4 is 9.47 Å². The lowest BCUT2D eigenvalue weighted by Crippen LogP contribution is -2.09. The molecule has 0 aromatic heterocycles. The van der Waals surface area contributed by atoms with Crippen molar-refractivity contribution in [2.75, 3.05) is 7.11 Å². The summed E-state index contributed by atoms with van der Waals surface area (Å²) in [5.74, 6) is 2.16. The monoisotopic (exact) mass is 385 g/mol. The van der Waals surface area contributed by atoms with Gasteiger partial charge in [0.1, 0.15) is 11.5 Å². The van der Waals surface area contributed by atoms with E-state index in [1.54, 1.807) is 7.11 Å². The predicted molar refractivity (Wildman–Crippen MR) is 114 cm³/mol. The van der Waals surface area contributed by atoms with Gasteiger partial charge in [-0.1, -0.05) is 35.9 Å². The van der Waals surface area contributed by atoms with Crippen molar-refractivity contribution in [3.05, 3.63) is 89.4 Å². The van der Waals surface area contributed by atoms with E-state index >= 15 is 0 Å². The number of benzene rings is 4. The third kappa shape index (κ3) is 2.81. The zero-order valence-electron chi connectivity index (χ0n) is 15.1. The van der Waals surface area contributed by atoms with Crippen LogP contribution in [-0.4, -0.2) is 13.0 Å². The topological polar surface area (TPSA) is 30.8 Å². The highest BCUT2D eigenvalue weighted by Gasteiger charge is 2.21. The second-order valence-corrected chi connectivity index (χ2v) is 7.01. The molecule has 1 heterocycles. The Hall–Kier alpha value is -3.30. The van der Waals surface area contributed by atoms with Gasteiger partial charge in [0.2, 0.25) is 5.90 Å². The fourth-order valence-electron chi connectivity index (χ4n) is 3.51. The van der Waals surface area contributed by atoms with Gasteiger partial charge in [-0.3, -0.25) is 0 Å². The van der Waals surface area contributed by atoms with Crippen LogP contribution in [0.15, 0.2) is 83.9 Å². The SMILES string of the molecule is COc1ccc2c3c(ccc2c1)N=C(c1ccc(Cl)cc1)Oc1ccccc1-3. The van der Waals surface area contributed by atoms with Crippen LogP contribution in [0.4, 0.5) is 5.69 Å². The number of halogens is 1. The summed E-state index contributed by atoms with van der Waals surface area (Å²) in [5.41, 5.74) is 3.81. The first-order chi connectivity index (χ1) is 13.7. The maximum Gasteiger partial charge on any atom is 0.227 e. The molecule has 4 heteroatoms. The molecular weight excluding hydrogens is 370 g/mol. The zero-order chi connectivity index (χ0) is 19.1. The Labute approximate surface area is 167 Å². The average molecular weight is 386 g/mol. The molecule has 1 aliphatic heterocycles. The van der Waals surface area contributed by atoms with Gasteiger partial charge in [-0.05, 0) is 65.4 Å². The van der Waals surface area contributed by atoms with Gasteiger partial charge in [0.05, 0.1) is 12.8 Å². The van der Waals surface area contributed by atoms with Gasteiger partial charge in [0.25, 0.3) is 0 Å². The van der Waals surface area contributed by atoms with Crippen molar-refractivity contribution >= 4 is 34.0 Å². The Bertz CT molecular complexity index is 1230. The number of ether oxygens (including phenoxy) is 2. The summed E-state index contributed by atoms with van der Waals surface area (Å²) in [6.45, 7) is 0. The molecule has 0 saturated carbocycles. The quantitative estimate of drug-likeness (QED) is 0.387. The van der Waals surface area contributed by atoms with Gasteiger partial charge in [-0.2, -0.15) is 0 Å². The van der Waals surface area contributed by atoms with Crippen LogP contribution in [0.5, 0.6) is 11.5 Å². The smallest absolute Gasteiger partial charge is 0.227 e. The van der Waals surface area contributed by atoms with Gasteiger partial charge >= 0.3 is 0 Å². The molecule has 0 aliphatic carbocycles. The standard InChI is InChI=1S/C24H16ClNO2/c1-27-18-11-12-19-16(14-18)8-13-21-23(19)20-4-2-3-5-22(20)28-24(26-21)15-6-9-17(25)10-7-15/h2-14H,1H3. The van der Waals surface area contributed by atoms with E-state index in [-0.39, 0.29) is 0 Å². The average Bonchev–Trinajstić information content (AvgIpc) is 2.90.